The Balaban J connectivity index is 2.14. The molecule has 0 spiro atoms. The Bertz CT molecular complexity index is 363. The van der Waals surface area contributed by atoms with E-state index in [-0.39, 0.29) is 0 Å². The van der Waals surface area contributed by atoms with Crippen LogP contribution in [-0.2, 0) is 0 Å². The molecule has 3 nitrogen and oxygen atoms in total. The Labute approximate surface area is 105 Å². The van der Waals surface area contributed by atoms with Crippen LogP contribution in [-0.4, -0.2) is 24.1 Å². The van der Waals surface area contributed by atoms with Crippen LogP contribution in [0.15, 0.2) is 16.7 Å². The Kier molecular flexibility index (Phi) is 3.82. The summed E-state index contributed by atoms with van der Waals surface area (Å²) in [5, 5.41) is 0. The first kappa shape index (κ1) is 11.9. The highest BCUT2D eigenvalue weighted by molar-refractivity contribution is 9.10. The van der Waals surface area contributed by atoms with Gasteiger partial charge in [0, 0.05) is 23.3 Å². The Morgan fingerprint density at radius 3 is 2.88 bits per heavy atom. The number of hydrogen-bond acceptors (Lipinski definition) is 3. The molecule has 1 aromatic heterocycles. The average Bonchev–Trinajstić information content (AvgIpc) is 3.08. The van der Waals surface area contributed by atoms with Crippen molar-refractivity contribution >= 4 is 21.7 Å². The Morgan fingerprint density at radius 2 is 2.31 bits per heavy atom. The van der Waals surface area contributed by atoms with Crippen molar-refractivity contribution in [1.29, 1.82) is 0 Å². The van der Waals surface area contributed by atoms with Crippen molar-refractivity contribution in [3.8, 4) is 0 Å². The molecule has 2 rings (SSSR count). The molecule has 0 amide bonds. The molecular weight excluding hydrogens is 266 g/mol. The molecule has 0 aliphatic heterocycles. The zero-order valence-corrected chi connectivity index (χ0v) is 11.2. The van der Waals surface area contributed by atoms with Crippen molar-refractivity contribution < 1.29 is 0 Å². The molecule has 1 heterocycles. The van der Waals surface area contributed by atoms with Crippen molar-refractivity contribution in [2.24, 2.45) is 5.73 Å². The highest BCUT2D eigenvalue weighted by Gasteiger charge is 2.29. The predicted molar refractivity (Wildman–Crippen MR) is 70.7 cm³/mol. The first-order valence-electron chi connectivity index (χ1n) is 5.81. The number of nitrogens with two attached hydrogens (primary N) is 1. The number of anilines is 1. The fourth-order valence-corrected chi connectivity index (χ4v) is 2.03. The lowest BCUT2D eigenvalue weighted by atomic mass is 10.2. The predicted octanol–water partition coefficient (Wildman–Crippen LogP) is 2.47. The number of aryl methyl sites for hydroxylation is 1. The lowest BCUT2D eigenvalue weighted by molar-refractivity contribution is 0.722. The number of hydrogen-bond donors (Lipinski definition) is 1. The molecule has 2 N–H and O–H groups in total. The van der Waals surface area contributed by atoms with Crippen LogP contribution in [0, 0.1) is 6.92 Å². The van der Waals surface area contributed by atoms with E-state index in [0.717, 1.165) is 29.8 Å². The molecule has 1 fully saturated rings. The van der Waals surface area contributed by atoms with Crippen LogP contribution < -0.4 is 10.6 Å². The molecule has 88 valence electrons. The van der Waals surface area contributed by atoms with E-state index in [1.54, 1.807) is 0 Å². The van der Waals surface area contributed by atoms with Gasteiger partial charge < -0.3 is 10.6 Å². The molecule has 0 unspecified atom stereocenters. The first-order chi connectivity index (χ1) is 7.72. The number of pyridine rings is 1. The van der Waals surface area contributed by atoms with E-state index in [1.807, 2.05) is 6.20 Å². The maximum atomic E-state index is 5.57. The van der Waals surface area contributed by atoms with Gasteiger partial charge in [-0.05, 0) is 60.3 Å². The third kappa shape index (κ3) is 2.74. The van der Waals surface area contributed by atoms with E-state index >= 15 is 0 Å². The van der Waals surface area contributed by atoms with Crippen LogP contribution >= 0.6 is 15.9 Å². The third-order valence-corrected chi connectivity index (χ3v) is 3.75. The number of rotatable bonds is 5. The minimum Gasteiger partial charge on any atom is -0.354 e. The van der Waals surface area contributed by atoms with E-state index in [9.17, 15) is 0 Å². The second-order valence-electron chi connectivity index (χ2n) is 4.36. The maximum absolute atomic E-state index is 5.57. The second-order valence-corrected chi connectivity index (χ2v) is 5.21. The third-order valence-electron chi connectivity index (χ3n) is 2.92. The van der Waals surface area contributed by atoms with Crippen LogP contribution in [0.2, 0.25) is 0 Å². The van der Waals surface area contributed by atoms with Gasteiger partial charge in [0.2, 0.25) is 0 Å². The van der Waals surface area contributed by atoms with Crippen LogP contribution in [0.4, 0.5) is 5.82 Å². The summed E-state index contributed by atoms with van der Waals surface area (Å²) in [5.74, 6) is 1.09. The van der Waals surface area contributed by atoms with E-state index in [4.69, 9.17) is 5.73 Å². The summed E-state index contributed by atoms with van der Waals surface area (Å²) in [6.07, 6.45) is 5.51. The van der Waals surface area contributed by atoms with Crippen molar-refractivity contribution in [3.63, 3.8) is 0 Å². The fourth-order valence-electron chi connectivity index (χ4n) is 1.81. The summed E-state index contributed by atoms with van der Waals surface area (Å²) < 4.78 is 1.07. The van der Waals surface area contributed by atoms with Crippen molar-refractivity contribution in [1.82, 2.24) is 4.98 Å². The van der Waals surface area contributed by atoms with Gasteiger partial charge in [0.25, 0.3) is 0 Å². The van der Waals surface area contributed by atoms with E-state index < -0.39 is 0 Å². The highest BCUT2D eigenvalue weighted by Crippen LogP contribution is 2.31. The van der Waals surface area contributed by atoms with Gasteiger partial charge in [-0.1, -0.05) is 0 Å². The lowest BCUT2D eigenvalue weighted by Crippen LogP contribution is -2.29. The summed E-state index contributed by atoms with van der Waals surface area (Å²) in [6, 6.07) is 2.85. The zero-order valence-electron chi connectivity index (χ0n) is 9.62. The van der Waals surface area contributed by atoms with Crippen molar-refractivity contribution in [2.75, 3.05) is 18.0 Å². The number of aromatic nitrogens is 1. The van der Waals surface area contributed by atoms with Gasteiger partial charge in [-0.15, -0.1) is 0 Å². The van der Waals surface area contributed by atoms with E-state index in [2.05, 4.69) is 38.8 Å². The van der Waals surface area contributed by atoms with Crippen molar-refractivity contribution in [3.05, 3.63) is 22.3 Å². The second kappa shape index (κ2) is 5.15. The molecule has 0 atom stereocenters. The molecule has 0 aromatic carbocycles. The zero-order chi connectivity index (χ0) is 11.5. The molecule has 4 heteroatoms. The molecule has 1 aliphatic rings. The van der Waals surface area contributed by atoms with Gasteiger partial charge in [0.1, 0.15) is 5.82 Å². The SMILES string of the molecule is Cc1cc(N(CCCN)C2CC2)ncc1Br. The van der Waals surface area contributed by atoms with Crippen LogP contribution in [0.1, 0.15) is 24.8 Å². The van der Waals surface area contributed by atoms with Crippen LogP contribution in [0.3, 0.4) is 0 Å². The molecule has 0 radical (unpaired) electrons. The van der Waals surface area contributed by atoms with E-state index in [1.165, 1.54) is 18.4 Å². The first-order valence-corrected chi connectivity index (χ1v) is 6.60. The topological polar surface area (TPSA) is 42.1 Å². The van der Waals surface area contributed by atoms with Crippen LogP contribution in [0.5, 0.6) is 0 Å². The molecule has 16 heavy (non-hydrogen) atoms. The summed E-state index contributed by atoms with van der Waals surface area (Å²) in [6.45, 7) is 3.87. The number of nitrogens with zero attached hydrogens (tertiary/aromatic N) is 2. The Hall–Kier alpha value is -0.610. The summed E-state index contributed by atoms with van der Waals surface area (Å²) >= 11 is 3.48. The van der Waals surface area contributed by atoms with Crippen LogP contribution in [0.25, 0.3) is 0 Å². The quantitative estimate of drug-likeness (QED) is 0.903. The summed E-state index contributed by atoms with van der Waals surface area (Å²) in [7, 11) is 0. The fraction of sp³-hybridized carbons (Fsp3) is 0.583. The monoisotopic (exact) mass is 283 g/mol. The summed E-state index contributed by atoms with van der Waals surface area (Å²) in [5.41, 5.74) is 6.81. The standard InChI is InChI=1S/C12H18BrN3/c1-9-7-12(15-8-11(9)13)16(6-2-5-14)10-3-4-10/h7-8,10H,2-6,14H2,1H3. The van der Waals surface area contributed by atoms with Crippen molar-refractivity contribution in [2.45, 2.75) is 32.2 Å². The minimum absolute atomic E-state index is 0.694. The Morgan fingerprint density at radius 1 is 1.56 bits per heavy atom. The average molecular weight is 284 g/mol. The van der Waals surface area contributed by atoms with Gasteiger partial charge in [0.05, 0.1) is 0 Å². The van der Waals surface area contributed by atoms with Gasteiger partial charge in [-0.3, -0.25) is 0 Å². The molecule has 0 bridgehead atoms. The lowest BCUT2D eigenvalue weighted by Gasteiger charge is -2.23. The molecule has 1 aliphatic carbocycles. The molecule has 1 aromatic rings. The highest BCUT2D eigenvalue weighted by atomic mass is 79.9. The maximum Gasteiger partial charge on any atom is 0.129 e. The molecular formula is C12H18BrN3. The summed E-state index contributed by atoms with van der Waals surface area (Å²) in [4.78, 5) is 6.89. The minimum atomic E-state index is 0.694. The molecule has 1 saturated carbocycles. The normalized spacial score (nSPS) is 15.2. The smallest absolute Gasteiger partial charge is 0.129 e. The van der Waals surface area contributed by atoms with Gasteiger partial charge >= 0.3 is 0 Å². The largest absolute Gasteiger partial charge is 0.354 e. The van der Waals surface area contributed by atoms with Gasteiger partial charge in [0.15, 0.2) is 0 Å². The van der Waals surface area contributed by atoms with E-state index in [0.29, 0.717) is 6.04 Å². The van der Waals surface area contributed by atoms with Gasteiger partial charge in [-0.25, -0.2) is 4.98 Å². The van der Waals surface area contributed by atoms with Gasteiger partial charge in [-0.2, -0.15) is 0 Å². The number of halogens is 1. The molecule has 0 saturated heterocycles.